The number of esters is 1. The van der Waals surface area contributed by atoms with Gasteiger partial charge in [0.25, 0.3) is 0 Å². The molecule has 0 saturated carbocycles. The number of aliphatic carboxylic acids is 2. The van der Waals surface area contributed by atoms with Gasteiger partial charge in [-0.25, -0.2) is 0 Å². The zero-order valence-electron chi connectivity index (χ0n) is 17.0. The summed E-state index contributed by atoms with van der Waals surface area (Å²) in [5.74, 6) is -2.73. The number of thioether (sulfide) groups is 1. The Balaban J connectivity index is 3.09. The SMILES string of the molecule is CCC(O)CC(CC(CC(=O)O)(SCC(C)c1ccccc1)C(=O)O)OC(C)=O. The molecule has 8 heteroatoms. The van der Waals surface area contributed by atoms with E-state index < -0.39 is 41.3 Å². The first-order valence-electron chi connectivity index (χ1n) is 9.59. The van der Waals surface area contributed by atoms with Gasteiger partial charge in [-0.2, -0.15) is 0 Å². The normalized spacial score (nSPS) is 16.3. The lowest BCUT2D eigenvalue weighted by atomic mass is 9.93. The van der Waals surface area contributed by atoms with Crippen LogP contribution < -0.4 is 0 Å². The summed E-state index contributed by atoms with van der Waals surface area (Å²) in [4.78, 5) is 35.2. The van der Waals surface area contributed by atoms with Crippen molar-refractivity contribution in [2.24, 2.45) is 0 Å². The van der Waals surface area contributed by atoms with Crippen molar-refractivity contribution in [2.45, 2.75) is 69.3 Å². The summed E-state index contributed by atoms with van der Waals surface area (Å²) in [6, 6.07) is 9.54. The Bertz CT molecular complexity index is 679. The van der Waals surface area contributed by atoms with Crippen molar-refractivity contribution in [1.29, 1.82) is 0 Å². The first kappa shape index (κ1) is 25.0. The summed E-state index contributed by atoms with van der Waals surface area (Å²) in [5, 5.41) is 29.3. The van der Waals surface area contributed by atoms with Gasteiger partial charge in [-0.15, -0.1) is 11.8 Å². The third kappa shape index (κ3) is 8.45. The molecule has 0 bridgehead atoms. The van der Waals surface area contributed by atoms with E-state index in [9.17, 15) is 29.7 Å². The molecule has 162 valence electrons. The fourth-order valence-electron chi connectivity index (χ4n) is 3.06. The van der Waals surface area contributed by atoms with E-state index in [0.29, 0.717) is 12.2 Å². The number of aliphatic hydroxyl groups is 1. The van der Waals surface area contributed by atoms with E-state index in [-0.39, 0.29) is 18.8 Å². The minimum atomic E-state index is -1.68. The van der Waals surface area contributed by atoms with Gasteiger partial charge in [-0.05, 0) is 17.9 Å². The Morgan fingerprint density at radius 2 is 1.79 bits per heavy atom. The van der Waals surface area contributed by atoms with Gasteiger partial charge in [0.2, 0.25) is 0 Å². The van der Waals surface area contributed by atoms with Crippen LogP contribution in [0.1, 0.15) is 57.9 Å². The van der Waals surface area contributed by atoms with Crippen molar-refractivity contribution in [3.8, 4) is 0 Å². The molecule has 29 heavy (non-hydrogen) atoms. The number of carboxylic acids is 2. The van der Waals surface area contributed by atoms with Gasteiger partial charge in [-0.1, -0.05) is 44.2 Å². The minimum Gasteiger partial charge on any atom is -0.481 e. The highest BCUT2D eigenvalue weighted by Crippen LogP contribution is 2.39. The number of benzene rings is 1. The highest BCUT2D eigenvalue weighted by molar-refractivity contribution is 8.01. The molecule has 0 fully saturated rings. The summed E-state index contributed by atoms with van der Waals surface area (Å²) in [6.07, 6.45) is -2.01. The molecule has 0 aliphatic heterocycles. The molecule has 0 aromatic heterocycles. The second-order valence-electron chi connectivity index (χ2n) is 7.23. The molecule has 1 aromatic rings. The van der Waals surface area contributed by atoms with Gasteiger partial charge in [0.05, 0.1) is 12.5 Å². The summed E-state index contributed by atoms with van der Waals surface area (Å²) >= 11 is 1.05. The van der Waals surface area contributed by atoms with Crippen molar-refractivity contribution in [3.05, 3.63) is 35.9 Å². The molecule has 4 unspecified atom stereocenters. The maximum atomic E-state index is 12.2. The van der Waals surface area contributed by atoms with Crippen LogP contribution >= 0.6 is 11.8 Å². The number of hydrogen-bond donors (Lipinski definition) is 3. The van der Waals surface area contributed by atoms with E-state index in [1.54, 1.807) is 6.92 Å². The molecule has 0 spiro atoms. The van der Waals surface area contributed by atoms with Crippen LogP contribution in [0, 0.1) is 0 Å². The molecule has 7 nitrogen and oxygen atoms in total. The molecule has 0 radical (unpaired) electrons. The fraction of sp³-hybridized carbons (Fsp3) is 0.571. The third-order valence-corrected chi connectivity index (χ3v) is 6.41. The highest BCUT2D eigenvalue weighted by Gasteiger charge is 2.44. The van der Waals surface area contributed by atoms with Crippen LogP contribution in [0.25, 0.3) is 0 Å². The summed E-state index contributed by atoms with van der Waals surface area (Å²) < 4.78 is 3.55. The van der Waals surface area contributed by atoms with Gasteiger partial charge in [-0.3, -0.25) is 14.4 Å². The monoisotopic (exact) mass is 426 g/mol. The van der Waals surface area contributed by atoms with Crippen molar-refractivity contribution in [2.75, 3.05) is 5.75 Å². The molecule has 0 amide bonds. The van der Waals surface area contributed by atoms with Gasteiger partial charge >= 0.3 is 17.9 Å². The topological polar surface area (TPSA) is 121 Å². The van der Waals surface area contributed by atoms with E-state index in [4.69, 9.17) is 4.74 Å². The number of ether oxygens (including phenoxy) is 1. The zero-order chi connectivity index (χ0) is 22.0. The van der Waals surface area contributed by atoms with Gasteiger partial charge in [0.1, 0.15) is 10.9 Å². The average molecular weight is 427 g/mol. The first-order valence-corrected chi connectivity index (χ1v) is 10.6. The zero-order valence-corrected chi connectivity index (χ0v) is 17.9. The van der Waals surface area contributed by atoms with Crippen LogP contribution in [0.15, 0.2) is 30.3 Å². The smallest absolute Gasteiger partial charge is 0.320 e. The maximum Gasteiger partial charge on any atom is 0.320 e. The predicted octanol–water partition coefficient (Wildman–Crippen LogP) is 3.30. The number of carbonyl (C=O) groups excluding carboxylic acids is 1. The number of hydrogen-bond acceptors (Lipinski definition) is 6. The predicted molar refractivity (Wildman–Crippen MR) is 111 cm³/mol. The van der Waals surface area contributed by atoms with Crippen molar-refractivity contribution in [1.82, 2.24) is 0 Å². The molecule has 1 rings (SSSR count). The molecule has 4 atom stereocenters. The summed E-state index contributed by atoms with van der Waals surface area (Å²) in [6.45, 7) is 4.91. The Morgan fingerprint density at radius 3 is 2.28 bits per heavy atom. The van der Waals surface area contributed by atoms with Crippen LogP contribution in [-0.4, -0.2) is 55.9 Å². The Hall–Kier alpha value is -2.06. The maximum absolute atomic E-state index is 12.2. The van der Waals surface area contributed by atoms with Gasteiger partial charge in [0.15, 0.2) is 0 Å². The number of carboxylic acid groups (broad SMARTS) is 2. The van der Waals surface area contributed by atoms with Crippen LogP contribution in [0.5, 0.6) is 0 Å². The van der Waals surface area contributed by atoms with E-state index in [1.165, 1.54) is 6.92 Å². The number of rotatable bonds is 13. The van der Waals surface area contributed by atoms with E-state index >= 15 is 0 Å². The molecule has 0 aliphatic carbocycles. The quantitative estimate of drug-likeness (QED) is 0.411. The lowest BCUT2D eigenvalue weighted by Crippen LogP contribution is -2.43. The molecular formula is C21H30O7S. The van der Waals surface area contributed by atoms with E-state index in [1.807, 2.05) is 37.3 Å². The second-order valence-corrected chi connectivity index (χ2v) is 8.63. The Labute approximate surface area is 175 Å². The third-order valence-electron chi connectivity index (χ3n) is 4.70. The highest BCUT2D eigenvalue weighted by atomic mass is 32.2. The van der Waals surface area contributed by atoms with E-state index in [2.05, 4.69) is 0 Å². The first-order chi connectivity index (χ1) is 13.6. The van der Waals surface area contributed by atoms with Crippen LogP contribution in [-0.2, 0) is 19.1 Å². The van der Waals surface area contributed by atoms with Crippen molar-refractivity contribution >= 4 is 29.7 Å². The van der Waals surface area contributed by atoms with Gasteiger partial charge in [0, 0.05) is 25.5 Å². The van der Waals surface area contributed by atoms with Crippen LogP contribution in [0.3, 0.4) is 0 Å². The molecule has 1 aromatic carbocycles. The van der Waals surface area contributed by atoms with Crippen LogP contribution in [0.2, 0.25) is 0 Å². The molecule has 0 saturated heterocycles. The number of aliphatic hydroxyl groups excluding tert-OH is 1. The largest absolute Gasteiger partial charge is 0.481 e. The summed E-state index contributed by atoms with van der Waals surface area (Å²) in [5.41, 5.74) is 1.02. The minimum absolute atomic E-state index is 0.00197. The van der Waals surface area contributed by atoms with Crippen molar-refractivity contribution in [3.63, 3.8) is 0 Å². The molecule has 3 N–H and O–H groups in total. The lowest BCUT2D eigenvalue weighted by molar-refractivity contribution is -0.153. The Kier molecular flexibility index (Phi) is 10.2. The number of carbonyl (C=O) groups is 3. The van der Waals surface area contributed by atoms with Crippen LogP contribution in [0.4, 0.5) is 0 Å². The van der Waals surface area contributed by atoms with Gasteiger partial charge < -0.3 is 20.1 Å². The fourth-order valence-corrected chi connectivity index (χ4v) is 4.47. The molecular weight excluding hydrogens is 396 g/mol. The average Bonchev–Trinajstić information content (AvgIpc) is 2.65. The summed E-state index contributed by atoms with van der Waals surface area (Å²) in [7, 11) is 0. The van der Waals surface area contributed by atoms with Crippen molar-refractivity contribution < 1.29 is 34.4 Å². The Morgan fingerprint density at radius 1 is 1.17 bits per heavy atom. The standard InChI is InChI=1S/C21H30O7S/c1-4-17(23)10-18(28-15(3)22)11-21(20(26)27,12-19(24)25)29-13-14(2)16-8-6-5-7-9-16/h5-9,14,17-18,23H,4,10-13H2,1-3H3,(H,24,25)(H,26,27). The van der Waals surface area contributed by atoms with E-state index in [0.717, 1.165) is 17.3 Å². The molecule has 0 aliphatic rings. The lowest BCUT2D eigenvalue weighted by Gasteiger charge is -2.32. The second kappa shape index (κ2) is 11.8. The molecule has 0 heterocycles.